The summed E-state index contributed by atoms with van der Waals surface area (Å²) in [5.41, 5.74) is 0. The number of ether oxygens (including phenoxy) is 1. The summed E-state index contributed by atoms with van der Waals surface area (Å²) >= 11 is 0. The van der Waals surface area contributed by atoms with E-state index >= 15 is 0 Å². The number of allylic oxidation sites excluding steroid dienone is 1. The van der Waals surface area contributed by atoms with Crippen molar-refractivity contribution in [1.29, 1.82) is 0 Å². The maximum atomic E-state index is 5.28. The molecule has 0 saturated carbocycles. The van der Waals surface area contributed by atoms with E-state index in [9.17, 15) is 0 Å². The fraction of sp³-hybridized carbons (Fsp3) is 0.500. The summed E-state index contributed by atoms with van der Waals surface area (Å²) in [4.78, 5) is 7.25. The van der Waals surface area contributed by atoms with Crippen molar-refractivity contribution in [2.24, 2.45) is 9.98 Å². The van der Waals surface area contributed by atoms with Gasteiger partial charge < -0.3 is 4.74 Å². The first-order valence-electron chi connectivity index (χ1n) is 3.47. The molecule has 0 fully saturated rings. The predicted octanol–water partition coefficient (Wildman–Crippen LogP) is 2.00. The topological polar surface area (TPSA) is 34.0 Å². The van der Waals surface area contributed by atoms with Gasteiger partial charge in [0, 0.05) is 0 Å². The fourth-order valence-electron chi connectivity index (χ4n) is 0.588. The zero-order valence-electron chi connectivity index (χ0n) is 7.24. The minimum Gasteiger partial charge on any atom is -0.494 e. The first-order chi connectivity index (χ1) is 5.16. The van der Waals surface area contributed by atoms with Crippen LogP contribution in [0.3, 0.4) is 0 Å². The third-order valence-electron chi connectivity index (χ3n) is 0.826. The van der Waals surface area contributed by atoms with E-state index in [1.54, 1.807) is 6.20 Å². The Bertz CT molecular complexity index is 171. The Morgan fingerprint density at radius 3 is 2.64 bits per heavy atom. The standard InChI is InChI=1S/C8H14N2O/c1-7(2)11-8(3)5-10-6-9-4/h5-7H,4H2,1-3H3/b8-5+,10-6?. The van der Waals surface area contributed by atoms with E-state index in [1.807, 2.05) is 20.8 Å². The van der Waals surface area contributed by atoms with Crippen LogP contribution in [0.1, 0.15) is 20.8 Å². The van der Waals surface area contributed by atoms with Crippen molar-refractivity contribution in [3.05, 3.63) is 12.0 Å². The molecule has 0 aliphatic carbocycles. The van der Waals surface area contributed by atoms with Crippen molar-refractivity contribution >= 4 is 13.1 Å². The Hall–Kier alpha value is -1.12. The average Bonchev–Trinajstić information content (AvgIpc) is 1.86. The van der Waals surface area contributed by atoms with Gasteiger partial charge >= 0.3 is 0 Å². The molecule has 0 unspecified atom stereocenters. The summed E-state index contributed by atoms with van der Waals surface area (Å²) in [6, 6.07) is 0. The van der Waals surface area contributed by atoms with Crippen LogP contribution in [0.25, 0.3) is 0 Å². The van der Waals surface area contributed by atoms with Crippen LogP contribution in [0.5, 0.6) is 0 Å². The molecule has 62 valence electrons. The second-order valence-electron chi connectivity index (χ2n) is 2.35. The monoisotopic (exact) mass is 154 g/mol. The summed E-state index contributed by atoms with van der Waals surface area (Å²) in [6.45, 7) is 9.03. The first-order valence-corrected chi connectivity index (χ1v) is 3.47. The molecule has 0 rings (SSSR count). The highest BCUT2D eigenvalue weighted by Crippen LogP contribution is 1.99. The Morgan fingerprint density at radius 2 is 2.18 bits per heavy atom. The number of hydrogen-bond acceptors (Lipinski definition) is 2. The van der Waals surface area contributed by atoms with Gasteiger partial charge in [0.15, 0.2) is 0 Å². The molecule has 0 aliphatic heterocycles. The van der Waals surface area contributed by atoms with Gasteiger partial charge in [-0.3, -0.25) is 4.99 Å². The summed E-state index contributed by atoms with van der Waals surface area (Å²) in [6.07, 6.45) is 3.17. The molecular weight excluding hydrogens is 140 g/mol. The zero-order chi connectivity index (χ0) is 8.69. The average molecular weight is 154 g/mol. The largest absolute Gasteiger partial charge is 0.494 e. The Labute approximate surface area is 67.5 Å². The Balaban J connectivity index is 3.80. The number of hydrogen-bond donors (Lipinski definition) is 0. The summed E-state index contributed by atoms with van der Waals surface area (Å²) in [5, 5.41) is 0. The lowest BCUT2D eigenvalue weighted by Gasteiger charge is -2.07. The second kappa shape index (κ2) is 5.65. The summed E-state index contributed by atoms with van der Waals surface area (Å²) < 4.78 is 5.28. The van der Waals surface area contributed by atoms with E-state index in [1.165, 1.54) is 6.34 Å². The molecule has 3 nitrogen and oxygen atoms in total. The predicted molar refractivity (Wildman–Crippen MR) is 48.0 cm³/mol. The van der Waals surface area contributed by atoms with Gasteiger partial charge in [-0.2, -0.15) is 0 Å². The molecule has 0 radical (unpaired) electrons. The highest BCUT2D eigenvalue weighted by atomic mass is 16.5. The van der Waals surface area contributed by atoms with Crippen LogP contribution >= 0.6 is 0 Å². The molecule has 11 heavy (non-hydrogen) atoms. The van der Waals surface area contributed by atoms with E-state index in [2.05, 4.69) is 16.7 Å². The molecule has 0 spiro atoms. The third kappa shape index (κ3) is 6.77. The van der Waals surface area contributed by atoms with Gasteiger partial charge in [-0.1, -0.05) is 0 Å². The van der Waals surface area contributed by atoms with Gasteiger partial charge in [-0.25, -0.2) is 4.99 Å². The maximum absolute atomic E-state index is 5.28. The summed E-state index contributed by atoms with van der Waals surface area (Å²) in [7, 11) is 0. The molecule has 0 heterocycles. The van der Waals surface area contributed by atoms with Crippen LogP contribution in [0.4, 0.5) is 0 Å². The van der Waals surface area contributed by atoms with Crippen LogP contribution < -0.4 is 0 Å². The van der Waals surface area contributed by atoms with Gasteiger partial charge in [0.25, 0.3) is 0 Å². The van der Waals surface area contributed by atoms with Gasteiger partial charge in [0.1, 0.15) is 12.1 Å². The number of rotatable bonds is 4. The number of aliphatic imine (C=N–C) groups is 2. The molecule has 0 aromatic heterocycles. The highest BCUT2D eigenvalue weighted by molar-refractivity contribution is 5.62. The van der Waals surface area contributed by atoms with Crippen LogP contribution in [0.15, 0.2) is 21.9 Å². The maximum Gasteiger partial charge on any atom is 0.114 e. The van der Waals surface area contributed by atoms with E-state index in [-0.39, 0.29) is 6.10 Å². The lowest BCUT2D eigenvalue weighted by atomic mass is 10.5. The molecule has 3 heteroatoms. The third-order valence-corrected chi connectivity index (χ3v) is 0.826. The van der Waals surface area contributed by atoms with Crippen LogP contribution in [0.2, 0.25) is 0 Å². The first kappa shape index (κ1) is 9.88. The van der Waals surface area contributed by atoms with Crippen molar-refractivity contribution in [2.45, 2.75) is 26.9 Å². The van der Waals surface area contributed by atoms with E-state index in [0.29, 0.717) is 0 Å². The van der Waals surface area contributed by atoms with Crippen molar-refractivity contribution in [1.82, 2.24) is 0 Å². The van der Waals surface area contributed by atoms with Gasteiger partial charge in [0.05, 0.1) is 12.3 Å². The molecule has 0 atom stereocenters. The van der Waals surface area contributed by atoms with Crippen LogP contribution in [-0.4, -0.2) is 19.2 Å². The Morgan fingerprint density at radius 1 is 1.55 bits per heavy atom. The lowest BCUT2D eigenvalue weighted by Crippen LogP contribution is -1.99. The van der Waals surface area contributed by atoms with Crippen molar-refractivity contribution in [2.75, 3.05) is 0 Å². The molecule has 0 N–H and O–H groups in total. The van der Waals surface area contributed by atoms with Gasteiger partial charge in [-0.15, -0.1) is 0 Å². The molecule has 0 bridgehead atoms. The smallest absolute Gasteiger partial charge is 0.114 e. The zero-order valence-corrected chi connectivity index (χ0v) is 7.24. The normalized spacial score (nSPS) is 12.5. The quantitative estimate of drug-likeness (QED) is 0.346. The molecule has 0 aromatic carbocycles. The van der Waals surface area contributed by atoms with Gasteiger partial charge in [-0.05, 0) is 27.5 Å². The minimum absolute atomic E-state index is 0.193. The van der Waals surface area contributed by atoms with Gasteiger partial charge in [0.2, 0.25) is 0 Å². The van der Waals surface area contributed by atoms with Crippen molar-refractivity contribution < 1.29 is 4.74 Å². The second-order valence-corrected chi connectivity index (χ2v) is 2.35. The Kier molecular flexibility index (Phi) is 5.07. The van der Waals surface area contributed by atoms with Crippen molar-refractivity contribution in [3.8, 4) is 0 Å². The fourth-order valence-corrected chi connectivity index (χ4v) is 0.588. The van der Waals surface area contributed by atoms with E-state index in [4.69, 9.17) is 4.74 Å². The summed E-state index contributed by atoms with van der Waals surface area (Å²) in [5.74, 6) is 0.778. The SMILES string of the molecule is C=NC=N/C=C(\C)OC(C)C. The molecule has 0 aliphatic rings. The number of nitrogens with zero attached hydrogens (tertiary/aromatic N) is 2. The van der Waals surface area contributed by atoms with E-state index < -0.39 is 0 Å². The molecule has 0 saturated heterocycles. The lowest BCUT2D eigenvalue weighted by molar-refractivity contribution is 0.148. The van der Waals surface area contributed by atoms with Crippen LogP contribution in [0, 0.1) is 0 Å². The molecule has 0 aromatic rings. The van der Waals surface area contributed by atoms with Crippen molar-refractivity contribution in [3.63, 3.8) is 0 Å². The van der Waals surface area contributed by atoms with Crippen LogP contribution in [-0.2, 0) is 4.74 Å². The van der Waals surface area contributed by atoms with E-state index in [0.717, 1.165) is 5.76 Å². The highest BCUT2D eigenvalue weighted by Gasteiger charge is 1.91. The molecule has 0 amide bonds. The minimum atomic E-state index is 0.193. The molecular formula is C8H14N2O.